The fraction of sp³-hybridized carbons (Fsp3) is 0.714. The molecule has 0 radical (unpaired) electrons. The third-order valence-electron chi connectivity index (χ3n) is 1.41. The van der Waals surface area contributed by atoms with Crippen molar-refractivity contribution in [3.63, 3.8) is 0 Å². The van der Waals surface area contributed by atoms with Gasteiger partial charge >= 0.3 is 13.8 Å². The van der Waals surface area contributed by atoms with Gasteiger partial charge in [-0.2, -0.15) is 0 Å². The van der Waals surface area contributed by atoms with Crippen LogP contribution in [0.15, 0.2) is 0 Å². The Kier molecular flexibility index (Phi) is 5.23. The van der Waals surface area contributed by atoms with Gasteiger partial charge in [-0.25, -0.2) is 4.79 Å². The molecule has 0 aliphatic heterocycles. The Bertz CT molecular complexity index is 229. The van der Waals surface area contributed by atoms with E-state index in [0.29, 0.717) is 6.16 Å². The van der Waals surface area contributed by atoms with E-state index in [4.69, 9.17) is 5.11 Å². The summed E-state index contributed by atoms with van der Waals surface area (Å²) < 4.78 is 10.7. The predicted octanol–water partition coefficient (Wildman–Crippen LogP) is 0.423. The number of hydrogen-bond acceptors (Lipinski definition) is 3. The molecule has 0 bridgehead atoms. The summed E-state index contributed by atoms with van der Waals surface area (Å²) in [7, 11) is -1.35. The Hall–Kier alpha value is -0.960. The van der Waals surface area contributed by atoms with Crippen LogP contribution in [0.5, 0.6) is 0 Å². The van der Waals surface area contributed by atoms with Gasteiger partial charge in [0.1, 0.15) is 18.9 Å². The maximum absolute atomic E-state index is 10.7. The molecule has 0 aliphatic rings. The summed E-state index contributed by atoms with van der Waals surface area (Å²) >= 11 is 0. The summed E-state index contributed by atoms with van der Waals surface area (Å²) in [5, 5.41) is 10.9. The Morgan fingerprint density at radius 3 is 2.38 bits per heavy atom. The molecule has 1 unspecified atom stereocenters. The van der Waals surface area contributed by atoms with E-state index in [1.165, 1.54) is 13.6 Å². The number of aliphatic carboxylic acids is 1. The Morgan fingerprint density at radius 1 is 1.54 bits per heavy atom. The predicted molar refractivity (Wildman–Crippen MR) is 48.3 cm³/mol. The van der Waals surface area contributed by atoms with E-state index in [2.05, 4.69) is 5.32 Å². The molecule has 13 heavy (non-hydrogen) atoms. The zero-order chi connectivity index (χ0) is 10.4. The van der Waals surface area contributed by atoms with E-state index in [-0.39, 0.29) is 6.42 Å². The van der Waals surface area contributed by atoms with Gasteiger partial charge in [-0.15, -0.1) is 0 Å². The zero-order valence-electron chi connectivity index (χ0n) is 7.61. The second-order valence-corrected chi connectivity index (χ2v) is 4.43. The van der Waals surface area contributed by atoms with Crippen molar-refractivity contribution in [1.29, 1.82) is 0 Å². The maximum atomic E-state index is 10.7. The molecular weight excluding hydrogens is 193 g/mol. The highest BCUT2D eigenvalue weighted by Crippen LogP contribution is 2.15. The summed E-state index contributed by atoms with van der Waals surface area (Å²) in [5.74, 6) is -1.48. The van der Waals surface area contributed by atoms with Crippen LogP contribution in [0.25, 0.3) is 0 Å². The molecule has 0 saturated carbocycles. The lowest BCUT2D eigenvalue weighted by Gasteiger charge is -2.09. The molecular formula is C7H13NO4P+. The van der Waals surface area contributed by atoms with Crippen molar-refractivity contribution < 1.29 is 19.3 Å². The molecule has 0 heterocycles. The van der Waals surface area contributed by atoms with Gasteiger partial charge in [-0.05, 0) is 0 Å². The first kappa shape index (κ1) is 12.0. The molecule has 0 fully saturated rings. The zero-order valence-corrected chi connectivity index (χ0v) is 8.51. The van der Waals surface area contributed by atoms with E-state index in [1.54, 1.807) is 0 Å². The summed E-state index contributed by atoms with van der Waals surface area (Å²) in [5.41, 5.74) is 0. The average Bonchev–Trinajstić information content (AvgIpc) is 1.96. The molecule has 0 spiro atoms. The Balaban J connectivity index is 4.02. The molecule has 0 aromatic rings. The minimum Gasteiger partial charge on any atom is -0.480 e. The van der Waals surface area contributed by atoms with Crippen LogP contribution in [-0.2, 0) is 14.2 Å². The molecule has 2 N–H and O–H groups in total. The second kappa shape index (κ2) is 5.65. The third kappa shape index (κ3) is 6.22. The number of hydrogen-bond donors (Lipinski definition) is 2. The highest BCUT2D eigenvalue weighted by molar-refractivity contribution is 7.43. The van der Waals surface area contributed by atoms with Crippen molar-refractivity contribution in [2.45, 2.75) is 19.4 Å². The minimum absolute atomic E-state index is 0.209. The van der Waals surface area contributed by atoms with E-state index < -0.39 is 25.7 Å². The number of amides is 1. The largest absolute Gasteiger partial charge is 0.480 e. The van der Waals surface area contributed by atoms with E-state index in [1.807, 2.05) is 0 Å². The summed E-state index contributed by atoms with van der Waals surface area (Å²) in [4.78, 5) is 21.1. The highest BCUT2D eigenvalue weighted by atomic mass is 31.1. The van der Waals surface area contributed by atoms with Crippen molar-refractivity contribution >= 4 is 19.7 Å². The van der Waals surface area contributed by atoms with Crippen LogP contribution in [0, 0.1) is 0 Å². The molecule has 6 heteroatoms. The second-order valence-electron chi connectivity index (χ2n) is 2.73. The molecule has 74 valence electrons. The van der Waals surface area contributed by atoms with Gasteiger partial charge in [0.15, 0.2) is 0 Å². The van der Waals surface area contributed by atoms with Crippen LogP contribution < -0.4 is 5.32 Å². The molecule has 0 aromatic carbocycles. The minimum atomic E-state index is -1.35. The van der Waals surface area contributed by atoms with Gasteiger partial charge in [0, 0.05) is 13.3 Å². The first-order chi connectivity index (χ1) is 5.93. The van der Waals surface area contributed by atoms with Crippen LogP contribution in [0.3, 0.4) is 0 Å². The van der Waals surface area contributed by atoms with Gasteiger partial charge < -0.3 is 10.4 Å². The van der Waals surface area contributed by atoms with Crippen LogP contribution in [0.4, 0.5) is 0 Å². The van der Waals surface area contributed by atoms with E-state index in [0.717, 1.165) is 0 Å². The van der Waals surface area contributed by atoms with Crippen molar-refractivity contribution in [3.05, 3.63) is 0 Å². The van der Waals surface area contributed by atoms with Gasteiger partial charge in [-0.1, -0.05) is 4.57 Å². The molecule has 0 aliphatic carbocycles. The quantitative estimate of drug-likeness (QED) is 0.638. The van der Waals surface area contributed by atoms with Crippen molar-refractivity contribution in [1.82, 2.24) is 5.32 Å². The first-order valence-electron chi connectivity index (χ1n) is 3.81. The lowest BCUT2D eigenvalue weighted by atomic mass is 10.2. The molecule has 0 rings (SSSR count). The van der Waals surface area contributed by atoms with E-state index in [9.17, 15) is 14.2 Å². The smallest absolute Gasteiger partial charge is 0.335 e. The standard InChI is InChI=1S/C7H12NO4P/c1-5(9)8-6(7(10)11)3-4-13(2)12/h6H,3-4H2,1-2H3,(H-,8,9,10,11)/p+1/t6-/m0/s1. The molecule has 0 saturated heterocycles. The SMILES string of the molecule is CC(=O)N[C@@H](CC[P+](C)=O)C(=O)O. The van der Waals surface area contributed by atoms with Crippen LogP contribution >= 0.6 is 7.80 Å². The topological polar surface area (TPSA) is 83.5 Å². The normalized spacial score (nSPS) is 13.2. The van der Waals surface area contributed by atoms with Gasteiger partial charge in [-0.3, -0.25) is 4.79 Å². The monoisotopic (exact) mass is 206 g/mol. The van der Waals surface area contributed by atoms with Gasteiger partial charge in [0.05, 0.1) is 0 Å². The molecule has 2 atom stereocenters. The fourth-order valence-electron chi connectivity index (χ4n) is 0.814. The number of carboxylic acid groups (broad SMARTS) is 1. The number of carboxylic acids is 1. The lowest BCUT2D eigenvalue weighted by molar-refractivity contribution is -0.141. The Morgan fingerprint density at radius 2 is 2.08 bits per heavy atom. The number of rotatable bonds is 5. The summed E-state index contributed by atoms with van der Waals surface area (Å²) in [6, 6.07) is -0.920. The molecule has 0 aromatic heterocycles. The third-order valence-corrected chi connectivity index (χ3v) is 2.30. The van der Waals surface area contributed by atoms with Crippen molar-refractivity contribution in [2.75, 3.05) is 12.8 Å². The van der Waals surface area contributed by atoms with Crippen LogP contribution in [0.1, 0.15) is 13.3 Å². The fourth-order valence-corrected chi connectivity index (χ4v) is 1.44. The van der Waals surface area contributed by atoms with Crippen LogP contribution in [-0.4, -0.2) is 35.9 Å². The number of nitrogens with one attached hydrogen (secondary N) is 1. The number of carbonyl (C=O) groups excluding carboxylic acids is 1. The lowest BCUT2D eigenvalue weighted by Crippen LogP contribution is -2.39. The average molecular weight is 206 g/mol. The van der Waals surface area contributed by atoms with Crippen molar-refractivity contribution in [3.8, 4) is 0 Å². The van der Waals surface area contributed by atoms with Crippen LogP contribution in [0.2, 0.25) is 0 Å². The first-order valence-corrected chi connectivity index (χ1v) is 5.71. The maximum Gasteiger partial charge on any atom is 0.335 e. The molecule has 1 amide bonds. The van der Waals surface area contributed by atoms with E-state index >= 15 is 0 Å². The summed E-state index contributed by atoms with van der Waals surface area (Å²) in [6.07, 6.45) is 0.521. The van der Waals surface area contributed by atoms with Crippen molar-refractivity contribution in [2.24, 2.45) is 0 Å². The molecule has 5 nitrogen and oxygen atoms in total. The number of carbonyl (C=O) groups is 2. The van der Waals surface area contributed by atoms with Gasteiger partial charge in [0.2, 0.25) is 5.91 Å². The summed E-state index contributed by atoms with van der Waals surface area (Å²) in [6.45, 7) is 2.78. The highest BCUT2D eigenvalue weighted by Gasteiger charge is 2.21. The van der Waals surface area contributed by atoms with Gasteiger partial charge in [0.25, 0.3) is 0 Å². The Labute approximate surface area is 77.3 Å².